The summed E-state index contributed by atoms with van der Waals surface area (Å²) in [4.78, 5) is 6.78. The highest BCUT2D eigenvalue weighted by molar-refractivity contribution is 5.41. The number of nitrogens with zero attached hydrogens (tertiary/aromatic N) is 2. The van der Waals surface area contributed by atoms with Crippen LogP contribution in [-0.4, -0.2) is 37.3 Å². The van der Waals surface area contributed by atoms with E-state index in [0.717, 1.165) is 25.2 Å². The van der Waals surface area contributed by atoms with Gasteiger partial charge in [0.05, 0.1) is 6.10 Å². The molecule has 2 heterocycles. The van der Waals surface area contributed by atoms with Crippen LogP contribution in [0.1, 0.15) is 18.4 Å². The van der Waals surface area contributed by atoms with Crippen molar-refractivity contribution in [2.45, 2.75) is 31.9 Å². The van der Waals surface area contributed by atoms with Crippen molar-refractivity contribution in [3.05, 3.63) is 23.9 Å². The lowest BCUT2D eigenvalue weighted by atomic mass is 9.99. The van der Waals surface area contributed by atoms with E-state index >= 15 is 0 Å². The Kier molecular flexibility index (Phi) is 3.97. The average molecular weight is 235 g/mol. The molecule has 4 nitrogen and oxygen atoms in total. The molecule has 1 saturated heterocycles. The van der Waals surface area contributed by atoms with Crippen LogP contribution >= 0.6 is 0 Å². The summed E-state index contributed by atoms with van der Waals surface area (Å²) < 4.78 is 5.42. The number of aryl methyl sites for hydroxylation is 1. The quantitative estimate of drug-likeness (QED) is 0.859. The Hall–Kier alpha value is -1.13. The van der Waals surface area contributed by atoms with Crippen molar-refractivity contribution in [2.75, 3.05) is 25.1 Å². The predicted octanol–water partition coefficient (Wildman–Crippen LogP) is 1.33. The Labute approximate surface area is 103 Å². The third kappa shape index (κ3) is 2.76. The molecule has 0 aromatic carbocycles. The molecule has 2 N–H and O–H groups in total. The number of piperidine rings is 1. The molecule has 4 heteroatoms. The Morgan fingerprint density at radius 1 is 1.53 bits per heavy atom. The number of anilines is 1. The first kappa shape index (κ1) is 12.3. The zero-order chi connectivity index (χ0) is 12.3. The normalized spacial score (nSPS) is 25.0. The molecule has 0 radical (unpaired) electrons. The second kappa shape index (κ2) is 5.47. The summed E-state index contributed by atoms with van der Waals surface area (Å²) in [6.45, 7) is 3.67. The second-order valence-electron chi connectivity index (χ2n) is 4.66. The summed E-state index contributed by atoms with van der Waals surface area (Å²) in [5.74, 6) is 1.03. The molecule has 94 valence electrons. The van der Waals surface area contributed by atoms with Crippen LogP contribution in [0, 0.1) is 6.92 Å². The van der Waals surface area contributed by atoms with Gasteiger partial charge in [0.25, 0.3) is 0 Å². The number of nitrogens with two attached hydrogens (primary N) is 1. The Morgan fingerprint density at radius 2 is 2.35 bits per heavy atom. The molecule has 2 unspecified atom stereocenters. The van der Waals surface area contributed by atoms with E-state index in [1.54, 1.807) is 7.11 Å². The van der Waals surface area contributed by atoms with Crippen LogP contribution in [0.3, 0.4) is 0 Å². The maximum absolute atomic E-state index is 5.85. The first-order valence-electron chi connectivity index (χ1n) is 6.16. The van der Waals surface area contributed by atoms with Crippen molar-refractivity contribution in [3.8, 4) is 0 Å². The summed E-state index contributed by atoms with van der Waals surface area (Å²) in [7, 11) is 1.78. The lowest BCUT2D eigenvalue weighted by Crippen LogP contribution is -2.49. The van der Waals surface area contributed by atoms with Crippen LogP contribution in [0.25, 0.3) is 0 Å². The maximum Gasteiger partial charge on any atom is 0.128 e. The predicted molar refractivity (Wildman–Crippen MR) is 69.2 cm³/mol. The Bertz CT molecular complexity index is 352. The number of hydrogen-bond acceptors (Lipinski definition) is 4. The van der Waals surface area contributed by atoms with E-state index in [-0.39, 0.29) is 0 Å². The molecule has 0 saturated carbocycles. The summed E-state index contributed by atoms with van der Waals surface area (Å²) in [6.07, 6.45) is 4.28. The van der Waals surface area contributed by atoms with Gasteiger partial charge in [-0.2, -0.15) is 0 Å². The van der Waals surface area contributed by atoms with E-state index in [2.05, 4.69) is 22.0 Å². The highest BCUT2D eigenvalue weighted by Gasteiger charge is 2.28. The van der Waals surface area contributed by atoms with Crippen LogP contribution in [0.2, 0.25) is 0 Å². The largest absolute Gasteiger partial charge is 0.381 e. The third-order valence-corrected chi connectivity index (χ3v) is 3.46. The molecule has 1 fully saturated rings. The van der Waals surface area contributed by atoms with Gasteiger partial charge in [-0.1, -0.05) is 6.07 Å². The van der Waals surface area contributed by atoms with Crippen LogP contribution < -0.4 is 10.6 Å². The molecule has 0 amide bonds. The molecule has 0 bridgehead atoms. The standard InChI is InChI=1S/C13H21N3O/c1-10-3-4-13(15-9-10)16-6-5-12(17-2)7-11(16)8-14/h3-4,9,11-12H,5-8,14H2,1-2H3. The van der Waals surface area contributed by atoms with Gasteiger partial charge in [-0.3, -0.25) is 0 Å². The minimum atomic E-state index is 0.337. The molecule has 1 aromatic rings. The number of methoxy groups -OCH3 is 1. The number of aromatic nitrogens is 1. The van der Waals surface area contributed by atoms with Gasteiger partial charge in [-0.25, -0.2) is 4.98 Å². The first-order valence-corrected chi connectivity index (χ1v) is 6.16. The Morgan fingerprint density at radius 3 is 2.94 bits per heavy atom. The van der Waals surface area contributed by atoms with E-state index in [9.17, 15) is 0 Å². The fraction of sp³-hybridized carbons (Fsp3) is 0.615. The molecule has 1 aliphatic rings. The fourth-order valence-corrected chi connectivity index (χ4v) is 2.38. The summed E-state index contributed by atoms with van der Waals surface area (Å²) in [6, 6.07) is 4.51. The van der Waals surface area contributed by atoms with Crippen molar-refractivity contribution >= 4 is 5.82 Å². The number of rotatable bonds is 3. The lowest BCUT2D eigenvalue weighted by molar-refractivity contribution is 0.0708. The zero-order valence-electron chi connectivity index (χ0n) is 10.6. The van der Waals surface area contributed by atoms with Crippen molar-refractivity contribution < 1.29 is 4.74 Å². The van der Waals surface area contributed by atoms with Crippen molar-refractivity contribution in [2.24, 2.45) is 5.73 Å². The van der Waals surface area contributed by atoms with E-state index in [1.807, 2.05) is 13.1 Å². The monoisotopic (exact) mass is 235 g/mol. The second-order valence-corrected chi connectivity index (χ2v) is 4.66. The van der Waals surface area contributed by atoms with Gasteiger partial charge in [0, 0.05) is 32.4 Å². The van der Waals surface area contributed by atoms with Crippen LogP contribution in [0.4, 0.5) is 5.82 Å². The molecule has 17 heavy (non-hydrogen) atoms. The third-order valence-electron chi connectivity index (χ3n) is 3.46. The molecular formula is C13H21N3O. The van der Waals surface area contributed by atoms with Crippen molar-refractivity contribution in [1.82, 2.24) is 4.98 Å². The summed E-state index contributed by atoms with van der Waals surface area (Å²) in [5.41, 5.74) is 7.04. The topological polar surface area (TPSA) is 51.4 Å². The van der Waals surface area contributed by atoms with Gasteiger partial charge >= 0.3 is 0 Å². The minimum Gasteiger partial charge on any atom is -0.381 e. The molecule has 2 atom stereocenters. The molecule has 1 aromatic heterocycles. The maximum atomic E-state index is 5.85. The molecule has 0 aliphatic carbocycles. The number of pyridine rings is 1. The summed E-state index contributed by atoms with van der Waals surface area (Å²) >= 11 is 0. The van der Waals surface area contributed by atoms with E-state index in [4.69, 9.17) is 10.5 Å². The average Bonchev–Trinajstić information content (AvgIpc) is 2.39. The SMILES string of the molecule is COC1CCN(c2ccc(C)cn2)C(CN)C1. The highest BCUT2D eigenvalue weighted by Crippen LogP contribution is 2.24. The van der Waals surface area contributed by atoms with E-state index < -0.39 is 0 Å². The highest BCUT2D eigenvalue weighted by atomic mass is 16.5. The van der Waals surface area contributed by atoms with E-state index in [1.165, 1.54) is 5.56 Å². The lowest BCUT2D eigenvalue weighted by Gasteiger charge is -2.39. The zero-order valence-corrected chi connectivity index (χ0v) is 10.6. The molecule has 0 spiro atoms. The molecule has 2 rings (SSSR count). The van der Waals surface area contributed by atoms with Crippen LogP contribution in [-0.2, 0) is 4.74 Å². The molecule has 1 aliphatic heterocycles. The smallest absolute Gasteiger partial charge is 0.128 e. The molecular weight excluding hydrogens is 214 g/mol. The van der Waals surface area contributed by atoms with Crippen LogP contribution in [0.15, 0.2) is 18.3 Å². The van der Waals surface area contributed by atoms with Gasteiger partial charge < -0.3 is 15.4 Å². The Balaban J connectivity index is 2.12. The van der Waals surface area contributed by atoms with Gasteiger partial charge in [-0.15, -0.1) is 0 Å². The van der Waals surface area contributed by atoms with Gasteiger partial charge in [0.15, 0.2) is 0 Å². The fourth-order valence-electron chi connectivity index (χ4n) is 2.38. The minimum absolute atomic E-state index is 0.337. The van der Waals surface area contributed by atoms with Crippen LogP contribution in [0.5, 0.6) is 0 Å². The van der Waals surface area contributed by atoms with Gasteiger partial charge in [0.2, 0.25) is 0 Å². The van der Waals surface area contributed by atoms with Gasteiger partial charge in [0.1, 0.15) is 5.82 Å². The van der Waals surface area contributed by atoms with E-state index in [0.29, 0.717) is 18.7 Å². The van der Waals surface area contributed by atoms with Gasteiger partial charge in [-0.05, 0) is 31.4 Å². The first-order chi connectivity index (χ1) is 8.24. The number of hydrogen-bond donors (Lipinski definition) is 1. The van der Waals surface area contributed by atoms with Crippen molar-refractivity contribution in [1.29, 1.82) is 0 Å². The van der Waals surface area contributed by atoms with Crippen molar-refractivity contribution in [3.63, 3.8) is 0 Å². The summed E-state index contributed by atoms with van der Waals surface area (Å²) in [5, 5.41) is 0. The number of ether oxygens (including phenoxy) is 1.